The summed E-state index contributed by atoms with van der Waals surface area (Å²) in [5, 5.41) is 5.29. The summed E-state index contributed by atoms with van der Waals surface area (Å²) in [5.74, 6) is -2.16. The molecule has 0 saturated heterocycles. The van der Waals surface area contributed by atoms with E-state index in [2.05, 4.69) is 15.6 Å². The Balaban J connectivity index is 2.09. The molecule has 186 valence electrons. The number of hydrogen-bond acceptors (Lipinski definition) is 4. The molecule has 11 heteroatoms. The average molecular weight is 484 g/mol. The van der Waals surface area contributed by atoms with Crippen LogP contribution in [0.1, 0.15) is 48.9 Å². The summed E-state index contributed by atoms with van der Waals surface area (Å²) in [7, 11) is 3.35. The van der Waals surface area contributed by atoms with Gasteiger partial charge in [-0.05, 0) is 37.6 Å². The Hall–Kier alpha value is -2.95. The maximum Gasteiger partial charge on any atom is 0.419 e. The fourth-order valence-electron chi connectivity index (χ4n) is 4.03. The highest BCUT2D eigenvalue weighted by Crippen LogP contribution is 2.34. The highest BCUT2D eigenvalue weighted by atomic mass is 19.4. The summed E-state index contributed by atoms with van der Waals surface area (Å²) in [6.45, 7) is 6.97. The lowest BCUT2D eigenvalue weighted by Gasteiger charge is -2.29. The fraction of sp³-hybridized carbons (Fsp3) is 0.522. The van der Waals surface area contributed by atoms with Gasteiger partial charge in [0.25, 0.3) is 5.91 Å². The molecule has 0 aliphatic carbocycles. The van der Waals surface area contributed by atoms with Gasteiger partial charge in [0.05, 0.1) is 11.3 Å². The van der Waals surface area contributed by atoms with Crippen LogP contribution in [0.3, 0.4) is 0 Å². The second-order valence-electron chi connectivity index (χ2n) is 9.55. The molecule has 3 rings (SSSR count). The van der Waals surface area contributed by atoms with Crippen LogP contribution in [0.4, 0.5) is 17.6 Å². The van der Waals surface area contributed by atoms with E-state index >= 15 is 0 Å². The number of aromatic nitrogens is 2. The van der Waals surface area contributed by atoms with E-state index in [0.29, 0.717) is 31.3 Å². The number of likely N-dealkylation sites (N-methyl/N-ethyl adjacent to an activating group) is 1. The smallest absolute Gasteiger partial charge is 0.357 e. The van der Waals surface area contributed by atoms with Gasteiger partial charge in [0.2, 0.25) is 5.91 Å². The Morgan fingerprint density at radius 3 is 2.38 bits per heavy atom. The fourth-order valence-corrected chi connectivity index (χ4v) is 4.03. The number of nitrogens with zero attached hydrogens (tertiary/aromatic N) is 3. The normalized spacial score (nSPS) is 15.9. The maximum atomic E-state index is 14.3. The molecule has 0 saturated carbocycles. The van der Waals surface area contributed by atoms with Gasteiger partial charge in [0.1, 0.15) is 17.7 Å². The first kappa shape index (κ1) is 25.7. The highest BCUT2D eigenvalue weighted by molar-refractivity contribution is 5.97. The van der Waals surface area contributed by atoms with Crippen molar-refractivity contribution in [1.82, 2.24) is 25.1 Å². The van der Waals surface area contributed by atoms with Crippen molar-refractivity contribution < 1.29 is 27.2 Å². The number of amides is 2. The third kappa shape index (κ3) is 5.24. The zero-order chi connectivity index (χ0) is 25.4. The second kappa shape index (κ2) is 9.36. The van der Waals surface area contributed by atoms with Crippen LogP contribution in [0.15, 0.2) is 18.2 Å². The number of imidazole rings is 1. The Morgan fingerprint density at radius 1 is 1.15 bits per heavy atom. The molecule has 0 radical (unpaired) electrons. The molecule has 1 aromatic carbocycles. The van der Waals surface area contributed by atoms with E-state index in [1.807, 2.05) is 32.7 Å². The number of halogens is 4. The first-order chi connectivity index (χ1) is 15.7. The topological polar surface area (TPSA) is 79.3 Å². The van der Waals surface area contributed by atoms with Crippen LogP contribution in [0.2, 0.25) is 0 Å². The molecule has 2 N–H and O–H groups in total. The quantitative estimate of drug-likeness (QED) is 0.654. The van der Waals surface area contributed by atoms with E-state index in [9.17, 15) is 27.2 Å². The van der Waals surface area contributed by atoms with Crippen LogP contribution in [0.25, 0.3) is 11.4 Å². The van der Waals surface area contributed by atoms with Crippen molar-refractivity contribution in [1.29, 1.82) is 0 Å². The Labute approximate surface area is 195 Å². The predicted octanol–water partition coefficient (Wildman–Crippen LogP) is 3.43. The first-order valence-electron chi connectivity index (χ1n) is 10.9. The largest absolute Gasteiger partial charge is 0.419 e. The number of carbonyl (C=O) groups excluding carboxylic acids is 2. The van der Waals surface area contributed by atoms with Crippen molar-refractivity contribution in [3.8, 4) is 11.4 Å². The standard InChI is InChI=1S/C23H29F4N5O2/c1-22(2,3)18(21(34)28-4)30-20(33)17-16-12-31(5)9-6-10-32(16)19(29-17)13-7-8-14(15(24)11-13)23(25,26)27/h7-8,11,18H,6,9-10,12H2,1-5H3,(H,28,34)(H,30,33)/t18-/m1/s1. The summed E-state index contributed by atoms with van der Waals surface area (Å²) >= 11 is 0. The Morgan fingerprint density at radius 2 is 1.82 bits per heavy atom. The highest BCUT2D eigenvalue weighted by Gasteiger charge is 2.36. The summed E-state index contributed by atoms with van der Waals surface area (Å²) in [5.41, 5.74) is -1.22. The lowest BCUT2D eigenvalue weighted by atomic mass is 9.86. The van der Waals surface area contributed by atoms with E-state index in [4.69, 9.17) is 0 Å². The van der Waals surface area contributed by atoms with E-state index < -0.39 is 34.9 Å². The van der Waals surface area contributed by atoms with Crippen molar-refractivity contribution in [3.63, 3.8) is 0 Å². The van der Waals surface area contributed by atoms with Gasteiger partial charge in [-0.25, -0.2) is 9.37 Å². The number of benzene rings is 1. The van der Waals surface area contributed by atoms with Crippen LogP contribution in [-0.2, 0) is 24.1 Å². The van der Waals surface area contributed by atoms with Crippen LogP contribution in [0.5, 0.6) is 0 Å². The molecule has 1 aliphatic rings. The van der Waals surface area contributed by atoms with Crippen LogP contribution in [0, 0.1) is 11.2 Å². The summed E-state index contributed by atoms with van der Waals surface area (Å²) in [4.78, 5) is 32.1. The molecule has 2 amide bonds. The van der Waals surface area contributed by atoms with Gasteiger partial charge >= 0.3 is 6.18 Å². The van der Waals surface area contributed by atoms with Gasteiger partial charge in [-0.3, -0.25) is 9.59 Å². The molecular formula is C23H29F4N5O2. The molecule has 2 aromatic rings. The van der Waals surface area contributed by atoms with Crippen molar-refractivity contribution >= 4 is 11.8 Å². The zero-order valence-electron chi connectivity index (χ0n) is 19.8. The number of hydrogen-bond donors (Lipinski definition) is 2. The number of carbonyl (C=O) groups is 2. The first-order valence-corrected chi connectivity index (χ1v) is 10.9. The number of fused-ring (bicyclic) bond motifs is 1. The average Bonchev–Trinajstić information content (AvgIpc) is 2.96. The zero-order valence-corrected chi connectivity index (χ0v) is 19.8. The molecular weight excluding hydrogens is 454 g/mol. The monoisotopic (exact) mass is 483 g/mol. The van der Waals surface area contributed by atoms with Gasteiger partial charge in [-0.2, -0.15) is 13.2 Å². The third-order valence-electron chi connectivity index (χ3n) is 5.81. The van der Waals surface area contributed by atoms with Gasteiger partial charge in [0.15, 0.2) is 5.69 Å². The molecule has 1 aliphatic heterocycles. The predicted molar refractivity (Wildman–Crippen MR) is 118 cm³/mol. The van der Waals surface area contributed by atoms with Gasteiger partial charge in [-0.1, -0.05) is 26.8 Å². The molecule has 1 atom stereocenters. The molecule has 1 aromatic heterocycles. The molecule has 34 heavy (non-hydrogen) atoms. The molecule has 0 unspecified atom stereocenters. The van der Waals surface area contributed by atoms with E-state index in [-0.39, 0.29) is 23.0 Å². The minimum atomic E-state index is -4.82. The van der Waals surface area contributed by atoms with E-state index in [1.165, 1.54) is 7.05 Å². The molecule has 2 heterocycles. The van der Waals surface area contributed by atoms with Crippen LogP contribution in [-0.4, -0.2) is 52.9 Å². The minimum Gasteiger partial charge on any atom is -0.357 e. The number of alkyl halides is 3. The number of nitrogens with one attached hydrogen (secondary N) is 2. The Kier molecular flexibility index (Phi) is 7.07. The SMILES string of the molecule is CNC(=O)[C@@H](NC(=O)c1nc(-c2ccc(C(F)(F)F)c(F)c2)n2c1CN(C)CCC2)C(C)(C)C. The van der Waals surface area contributed by atoms with E-state index in [1.54, 1.807) is 4.57 Å². The van der Waals surface area contributed by atoms with Gasteiger partial charge < -0.3 is 20.1 Å². The second-order valence-corrected chi connectivity index (χ2v) is 9.55. The number of rotatable bonds is 4. The van der Waals surface area contributed by atoms with Crippen LogP contribution >= 0.6 is 0 Å². The summed E-state index contributed by atoms with van der Waals surface area (Å²) in [6, 6.07) is 1.77. The van der Waals surface area contributed by atoms with Crippen molar-refractivity contribution in [2.75, 3.05) is 20.6 Å². The molecule has 7 nitrogen and oxygen atoms in total. The Bertz CT molecular complexity index is 1090. The molecule has 0 bridgehead atoms. The minimum absolute atomic E-state index is 0.0576. The van der Waals surface area contributed by atoms with Crippen molar-refractivity contribution in [3.05, 3.63) is 41.0 Å². The molecule has 0 spiro atoms. The third-order valence-corrected chi connectivity index (χ3v) is 5.81. The molecule has 0 fully saturated rings. The summed E-state index contributed by atoms with van der Waals surface area (Å²) in [6.07, 6.45) is -4.11. The summed E-state index contributed by atoms with van der Waals surface area (Å²) < 4.78 is 55.1. The lowest BCUT2D eigenvalue weighted by Crippen LogP contribution is -2.53. The van der Waals surface area contributed by atoms with E-state index in [0.717, 1.165) is 18.7 Å². The van der Waals surface area contributed by atoms with Gasteiger partial charge in [-0.15, -0.1) is 0 Å². The maximum absolute atomic E-state index is 14.3. The van der Waals surface area contributed by atoms with Gasteiger partial charge in [0, 0.05) is 25.7 Å². The lowest BCUT2D eigenvalue weighted by molar-refractivity contribution is -0.140. The van der Waals surface area contributed by atoms with Crippen molar-refractivity contribution in [2.45, 2.75) is 52.5 Å². The van der Waals surface area contributed by atoms with Crippen molar-refractivity contribution in [2.24, 2.45) is 5.41 Å². The van der Waals surface area contributed by atoms with Crippen LogP contribution < -0.4 is 10.6 Å².